The fraction of sp³-hybridized carbons (Fsp3) is 0.867. The first-order valence-electron chi connectivity index (χ1n) is 21.8. The Bertz CT molecular complexity index is 775. The van der Waals surface area contributed by atoms with Gasteiger partial charge < -0.3 is 16.0 Å². The summed E-state index contributed by atoms with van der Waals surface area (Å²) in [5.74, 6) is 0.918. The van der Waals surface area contributed by atoms with Gasteiger partial charge in [-0.1, -0.05) is 173 Å². The van der Waals surface area contributed by atoms with Crippen LogP contribution in [0.25, 0.3) is 0 Å². The van der Waals surface area contributed by atoms with Crippen molar-refractivity contribution in [3.8, 4) is 0 Å². The molecule has 0 aromatic heterocycles. The van der Waals surface area contributed by atoms with Crippen LogP contribution in [0.5, 0.6) is 0 Å². The minimum Gasteiger partial charge on any atom is -0.342 e. The number of hydrogen-bond donors (Lipinski definition) is 2. The van der Waals surface area contributed by atoms with Gasteiger partial charge in [-0.3, -0.25) is 4.79 Å². The fourth-order valence-corrected chi connectivity index (χ4v) is 6.97. The lowest BCUT2D eigenvalue weighted by Crippen LogP contribution is -2.37. The molecule has 0 aliphatic carbocycles. The van der Waals surface area contributed by atoms with Crippen molar-refractivity contribution >= 4 is 11.6 Å². The van der Waals surface area contributed by atoms with Crippen LogP contribution >= 0.6 is 0 Å². The Morgan fingerprint density at radius 3 is 1.49 bits per heavy atom. The smallest absolute Gasteiger partial charge is 0.236 e. The van der Waals surface area contributed by atoms with Gasteiger partial charge in [0.2, 0.25) is 5.91 Å². The van der Waals surface area contributed by atoms with Crippen molar-refractivity contribution in [3.05, 3.63) is 24.3 Å². The molecule has 0 spiro atoms. The summed E-state index contributed by atoms with van der Waals surface area (Å²) in [6, 6.07) is 0. The highest BCUT2D eigenvalue weighted by atomic mass is 16.2. The van der Waals surface area contributed by atoms with E-state index in [9.17, 15) is 4.79 Å². The molecule has 0 fully saturated rings. The third-order valence-corrected chi connectivity index (χ3v) is 10.4. The largest absolute Gasteiger partial charge is 0.342 e. The molecule has 3 N–H and O–H groups in total. The molecule has 0 aliphatic heterocycles. The first kappa shape index (κ1) is 47.6. The van der Waals surface area contributed by atoms with Gasteiger partial charge in [-0.05, 0) is 83.0 Å². The number of nitrogens with two attached hydrogens (primary N) is 1. The average Bonchev–Trinajstić information content (AvgIpc) is 3.09. The zero-order chi connectivity index (χ0) is 36.0. The summed E-state index contributed by atoms with van der Waals surface area (Å²) in [5, 5.41) is 8.41. The molecule has 0 heterocycles. The van der Waals surface area contributed by atoms with E-state index in [4.69, 9.17) is 11.1 Å². The second kappa shape index (κ2) is 37.8. The van der Waals surface area contributed by atoms with Crippen molar-refractivity contribution in [1.82, 2.24) is 4.90 Å². The van der Waals surface area contributed by atoms with Gasteiger partial charge in [-0.15, -0.1) is 0 Å². The fourth-order valence-electron chi connectivity index (χ4n) is 6.97. The Labute approximate surface area is 307 Å². The SMILES string of the molecule is C=C(CCCCCCC/C=C\CCCCCCCC)CCCN(CCCC(=N)CCCCCCCC(C)CCCCCCCC)C(=O)CN. The Morgan fingerprint density at radius 1 is 0.592 bits per heavy atom. The summed E-state index contributed by atoms with van der Waals surface area (Å²) in [4.78, 5) is 14.4. The first-order valence-corrected chi connectivity index (χ1v) is 21.8. The Morgan fingerprint density at radius 2 is 0.980 bits per heavy atom. The third kappa shape index (κ3) is 34.8. The highest BCUT2D eigenvalue weighted by Crippen LogP contribution is 2.19. The molecule has 1 amide bonds. The molecule has 1 unspecified atom stereocenters. The van der Waals surface area contributed by atoms with Crippen LogP contribution in [0, 0.1) is 11.3 Å². The molecular formula is C45H87N3O. The van der Waals surface area contributed by atoms with Crippen LogP contribution in [-0.2, 0) is 4.79 Å². The van der Waals surface area contributed by atoms with E-state index in [1.165, 1.54) is 166 Å². The lowest BCUT2D eigenvalue weighted by Gasteiger charge is -2.22. The number of allylic oxidation sites excluding steroid dienone is 3. The van der Waals surface area contributed by atoms with Crippen molar-refractivity contribution in [2.24, 2.45) is 11.7 Å². The molecule has 0 rings (SSSR count). The van der Waals surface area contributed by atoms with Crippen LogP contribution in [-0.4, -0.2) is 36.2 Å². The minimum atomic E-state index is 0.0377. The maximum atomic E-state index is 12.5. The molecule has 0 saturated carbocycles. The Kier molecular flexibility index (Phi) is 36.7. The first-order chi connectivity index (χ1) is 23.9. The van der Waals surface area contributed by atoms with E-state index in [-0.39, 0.29) is 12.5 Å². The number of rotatable bonds is 39. The number of carbonyl (C=O) groups excluding carboxylic acids is 1. The van der Waals surface area contributed by atoms with Gasteiger partial charge in [0, 0.05) is 18.8 Å². The molecule has 0 aliphatic rings. The third-order valence-electron chi connectivity index (χ3n) is 10.4. The number of nitrogens with zero attached hydrogens (tertiary/aromatic N) is 1. The molecule has 0 radical (unpaired) electrons. The summed E-state index contributed by atoms with van der Waals surface area (Å²) in [6.45, 7) is 12.9. The predicted molar refractivity (Wildman–Crippen MR) is 220 cm³/mol. The van der Waals surface area contributed by atoms with Crippen LogP contribution in [0.4, 0.5) is 0 Å². The molecule has 0 aromatic carbocycles. The van der Waals surface area contributed by atoms with Crippen LogP contribution in [0.15, 0.2) is 24.3 Å². The van der Waals surface area contributed by atoms with E-state index in [0.29, 0.717) is 0 Å². The summed E-state index contributed by atoms with van der Waals surface area (Å²) >= 11 is 0. The van der Waals surface area contributed by atoms with Crippen LogP contribution in [0.1, 0.15) is 226 Å². The van der Waals surface area contributed by atoms with Gasteiger partial charge in [0.05, 0.1) is 6.54 Å². The minimum absolute atomic E-state index is 0.0377. The summed E-state index contributed by atoms with van der Waals surface area (Å²) in [7, 11) is 0. The molecule has 288 valence electrons. The molecule has 4 nitrogen and oxygen atoms in total. The molecule has 0 saturated heterocycles. The van der Waals surface area contributed by atoms with E-state index < -0.39 is 0 Å². The lowest BCUT2D eigenvalue weighted by molar-refractivity contribution is -0.129. The maximum Gasteiger partial charge on any atom is 0.236 e. The Balaban J connectivity index is 3.77. The van der Waals surface area contributed by atoms with Gasteiger partial charge >= 0.3 is 0 Å². The maximum absolute atomic E-state index is 12.5. The topological polar surface area (TPSA) is 70.2 Å². The molecule has 1 atom stereocenters. The average molecular weight is 686 g/mol. The summed E-state index contributed by atoms with van der Waals surface area (Å²) in [5.41, 5.74) is 7.90. The number of carbonyl (C=O) groups is 1. The van der Waals surface area contributed by atoms with Crippen LogP contribution < -0.4 is 5.73 Å². The van der Waals surface area contributed by atoms with Gasteiger partial charge in [-0.25, -0.2) is 0 Å². The van der Waals surface area contributed by atoms with E-state index in [2.05, 4.69) is 39.5 Å². The van der Waals surface area contributed by atoms with Gasteiger partial charge in [0.15, 0.2) is 0 Å². The zero-order valence-corrected chi connectivity index (χ0v) is 33.6. The molecule has 4 heteroatoms. The van der Waals surface area contributed by atoms with Crippen molar-refractivity contribution in [2.45, 2.75) is 226 Å². The van der Waals surface area contributed by atoms with E-state index in [0.717, 1.165) is 69.7 Å². The standard InChI is InChI=1S/C45H87N3O/c1-5-7-9-11-13-14-15-16-17-18-19-20-21-24-28-35-43(4)36-31-39-48(45(49)41-46)40-32-38-44(47)37-30-26-22-25-29-34-42(3)33-27-23-12-10-8-6-2/h16-17,42,47H,4-15,18-41,46H2,1-3H3/b17-16-,47-44?. The van der Waals surface area contributed by atoms with Crippen molar-refractivity contribution in [2.75, 3.05) is 19.6 Å². The number of hydrogen-bond acceptors (Lipinski definition) is 3. The second-order valence-electron chi connectivity index (χ2n) is 15.4. The highest BCUT2D eigenvalue weighted by molar-refractivity contribution is 5.81. The quantitative estimate of drug-likeness (QED) is 0.0384. The van der Waals surface area contributed by atoms with Crippen LogP contribution in [0.2, 0.25) is 0 Å². The normalized spacial score (nSPS) is 12.2. The molecular weight excluding hydrogens is 599 g/mol. The van der Waals surface area contributed by atoms with Crippen LogP contribution in [0.3, 0.4) is 0 Å². The van der Waals surface area contributed by atoms with Crippen molar-refractivity contribution in [3.63, 3.8) is 0 Å². The van der Waals surface area contributed by atoms with Crippen molar-refractivity contribution in [1.29, 1.82) is 5.41 Å². The van der Waals surface area contributed by atoms with Gasteiger partial charge in [-0.2, -0.15) is 0 Å². The highest BCUT2D eigenvalue weighted by Gasteiger charge is 2.12. The molecule has 0 bridgehead atoms. The molecule has 0 aromatic rings. The predicted octanol–water partition coefficient (Wildman–Crippen LogP) is 14.1. The monoisotopic (exact) mass is 686 g/mol. The summed E-state index contributed by atoms with van der Waals surface area (Å²) in [6.07, 6.45) is 45.4. The second-order valence-corrected chi connectivity index (χ2v) is 15.4. The van der Waals surface area contributed by atoms with E-state index >= 15 is 0 Å². The Hall–Kier alpha value is -1.42. The van der Waals surface area contributed by atoms with Gasteiger partial charge in [0.1, 0.15) is 0 Å². The van der Waals surface area contributed by atoms with E-state index in [1.807, 2.05) is 4.90 Å². The molecule has 49 heavy (non-hydrogen) atoms. The number of unbranched alkanes of at least 4 members (excludes halogenated alkanes) is 20. The lowest BCUT2D eigenvalue weighted by atomic mass is 9.96. The van der Waals surface area contributed by atoms with Gasteiger partial charge in [0.25, 0.3) is 0 Å². The zero-order valence-electron chi connectivity index (χ0n) is 33.6. The summed E-state index contributed by atoms with van der Waals surface area (Å²) < 4.78 is 0. The van der Waals surface area contributed by atoms with Crippen molar-refractivity contribution < 1.29 is 4.79 Å². The van der Waals surface area contributed by atoms with E-state index in [1.54, 1.807) is 0 Å². The number of amides is 1. The number of nitrogens with one attached hydrogen (secondary N) is 1.